The lowest BCUT2D eigenvalue weighted by Crippen LogP contribution is -2.19. The number of hydrogen-bond donors (Lipinski definition) is 0. The van der Waals surface area contributed by atoms with Crippen LogP contribution in [0.25, 0.3) is 0 Å². The highest BCUT2D eigenvalue weighted by Crippen LogP contribution is 2.40. The van der Waals surface area contributed by atoms with Crippen molar-refractivity contribution in [2.75, 3.05) is 0 Å². The van der Waals surface area contributed by atoms with Gasteiger partial charge in [0.05, 0.1) is 0 Å². The molecule has 0 spiro atoms. The molecule has 0 fully saturated rings. The van der Waals surface area contributed by atoms with Gasteiger partial charge in [-0.2, -0.15) is 0 Å². The first-order valence-electron chi connectivity index (χ1n) is 9.70. The number of hydrogen-bond acceptors (Lipinski definition) is 1. The first-order valence-corrected chi connectivity index (χ1v) is 9.70. The normalized spacial score (nSPS) is 11.7. The molecule has 0 radical (unpaired) electrons. The summed E-state index contributed by atoms with van der Waals surface area (Å²) in [6.07, 6.45) is 3.72. The number of aromatic nitrogens is 1. The second-order valence-electron chi connectivity index (χ2n) is 9.11. The van der Waals surface area contributed by atoms with Crippen LogP contribution in [0, 0.1) is 5.41 Å². The van der Waals surface area contributed by atoms with Gasteiger partial charge in [-0.15, -0.1) is 0 Å². The Bertz CT molecular complexity index is 739. The maximum atomic E-state index is 4.05. The summed E-state index contributed by atoms with van der Waals surface area (Å²) in [5.74, 6) is 0.449. The fraction of sp³-hybridized carbons (Fsp3) is 0.346. The summed E-state index contributed by atoms with van der Waals surface area (Å²) in [6, 6.07) is 25.6. The average molecular weight is 360 g/mol. The number of benzene rings is 2. The summed E-state index contributed by atoms with van der Waals surface area (Å²) in [5.41, 5.74) is 4.53. The van der Waals surface area contributed by atoms with Crippen LogP contribution in [0.1, 0.15) is 64.2 Å². The van der Waals surface area contributed by atoms with Gasteiger partial charge in [-0.25, -0.2) is 0 Å². The van der Waals surface area contributed by atoms with Gasteiger partial charge in [0.2, 0.25) is 0 Å². The maximum Gasteiger partial charge on any atom is 0.0305 e. The van der Waals surface area contributed by atoms with Gasteiger partial charge in [0.25, 0.3) is 0 Å². The third-order valence-corrected chi connectivity index (χ3v) is 4.66. The molecule has 0 aliphatic heterocycles. The molecule has 27 heavy (non-hydrogen) atoms. The van der Waals surface area contributed by atoms with Gasteiger partial charge in [0.1, 0.15) is 0 Å². The molecular formula is C26H33N. The minimum absolute atomic E-state index is 0.225. The van der Waals surface area contributed by atoms with Crippen LogP contribution in [0.3, 0.4) is 0 Å². The average Bonchev–Trinajstić information content (AvgIpc) is 2.63. The number of nitrogens with zero attached hydrogens (tertiary/aromatic N) is 1. The molecular weight excluding hydrogens is 326 g/mol. The van der Waals surface area contributed by atoms with E-state index in [9.17, 15) is 0 Å². The first kappa shape index (κ1) is 20.9. The van der Waals surface area contributed by atoms with Crippen molar-refractivity contribution >= 4 is 0 Å². The van der Waals surface area contributed by atoms with Crippen molar-refractivity contribution in [1.82, 2.24) is 4.98 Å². The van der Waals surface area contributed by atoms with Gasteiger partial charge in [-0.05, 0) is 33.6 Å². The highest BCUT2D eigenvalue weighted by atomic mass is 14.6. The van der Waals surface area contributed by atoms with E-state index in [1.165, 1.54) is 16.7 Å². The topological polar surface area (TPSA) is 12.9 Å². The van der Waals surface area contributed by atoms with Crippen molar-refractivity contribution in [2.24, 2.45) is 5.41 Å². The highest BCUT2D eigenvalue weighted by molar-refractivity contribution is 5.34. The minimum Gasteiger partial charge on any atom is -0.264 e. The zero-order chi connectivity index (χ0) is 19.9. The molecule has 1 nitrogen and oxygen atoms in total. The van der Waals surface area contributed by atoms with Gasteiger partial charge >= 0.3 is 0 Å². The molecule has 0 saturated heterocycles. The van der Waals surface area contributed by atoms with Crippen LogP contribution >= 0.6 is 0 Å². The zero-order valence-corrected chi connectivity index (χ0v) is 17.6. The van der Waals surface area contributed by atoms with Crippen LogP contribution in [-0.2, 0) is 5.41 Å². The van der Waals surface area contributed by atoms with E-state index in [-0.39, 0.29) is 10.8 Å². The molecule has 0 saturated carbocycles. The van der Waals surface area contributed by atoms with E-state index in [1.807, 2.05) is 12.3 Å². The molecule has 0 amide bonds. The van der Waals surface area contributed by atoms with Crippen LogP contribution in [0.4, 0.5) is 0 Å². The first-order chi connectivity index (χ1) is 12.7. The Balaban J connectivity index is 0.000000223. The van der Waals surface area contributed by atoms with Crippen molar-refractivity contribution in [3.8, 4) is 0 Å². The predicted molar refractivity (Wildman–Crippen MR) is 117 cm³/mol. The van der Waals surface area contributed by atoms with E-state index in [0.29, 0.717) is 5.92 Å². The lowest BCUT2D eigenvalue weighted by Gasteiger charge is -2.31. The van der Waals surface area contributed by atoms with Crippen LogP contribution in [0.15, 0.2) is 85.2 Å². The minimum atomic E-state index is 0.225. The molecule has 0 aliphatic carbocycles. The van der Waals surface area contributed by atoms with Gasteiger partial charge in [-0.1, -0.05) is 108 Å². The highest BCUT2D eigenvalue weighted by Gasteiger charge is 2.27. The molecule has 1 heteroatoms. The zero-order valence-electron chi connectivity index (χ0n) is 17.6. The molecule has 1 aromatic heterocycles. The molecule has 3 rings (SSSR count). The Morgan fingerprint density at radius 3 is 1.41 bits per heavy atom. The van der Waals surface area contributed by atoms with Gasteiger partial charge in [0, 0.05) is 18.3 Å². The third kappa shape index (κ3) is 6.36. The number of pyridine rings is 1. The van der Waals surface area contributed by atoms with Gasteiger partial charge in [-0.3, -0.25) is 4.98 Å². The fourth-order valence-corrected chi connectivity index (χ4v) is 3.29. The molecule has 0 N–H and O–H groups in total. The van der Waals surface area contributed by atoms with Crippen molar-refractivity contribution in [3.63, 3.8) is 0 Å². The summed E-state index contributed by atoms with van der Waals surface area (Å²) in [4.78, 5) is 4.05. The summed E-state index contributed by atoms with van der Waals surface area (Å²) < 4.78 is 0. The van der Waals surface area contributed by atoms with E-state index >= 15 is 0 Å². The summed E-state index contributed by atoms with van der Waals surface area (Å²) >= 11 is 0. The molecule has 2 aromatic carbocycles. The van der Waals surface area contributed by atoms with E-state index in [1.54, 1.807) is 6.20 Å². The van der Waals surface area contributed by atoms with Crippen molar-refractivity contribution in [3.05, 3.63) is 102 Å². The fourth-order valence-electron chi connectivity index (χ4n) is 3.29. The molecule has 1 heterocycles. The van der Waals surface area contributed by atoms with Crippen LogP contribution in [0.5, 0.6) is 0 Å². The van der Waals surface area contributed by atoms with E-state index < -0.39 is 0 Å². The largest absolute Gasteiger partial charge is 0.264 e. The second-order valence-corrected chi connectivity index (χ2v) is 9.11. The molecule has 0 bridgehead atoms. The van der Waals surface area contributed by atoms with E-state index in [4.69, 9.17) is 0 Å². The molecule has 0 aliphatic rings. The summed E-state index contributed by atoms with van der Waals surface area (Å²) in [5, 5.41) is 0. The quantitative estimate of drug-likeness (QED) is 0.470. The van der Waals surface area contributed by atoms with Crippen LogP contribution in [0.2, 0.25) is 0 Å². The molecule has 142 valence electrons. The summed E-state index contributed by atoms with van der Waals surface area (Å²) in [6.45, 7) is 13.5. The van der Waals surface area contributed by atoms with Gasteiger partial charge in [0.15, 0.2) is 0 Å². The molecule has 0 atom stereocenters. The molecule has 0 unspecified atom stereocenters. The second kappa shape index (κ2) is 8.99. The standard InChI is InChI=1S/C17H20.C9H13N/c1-17(2,3)16(14-10-6-4-7-11-14)15-12-8-5-9-13-15;1-9(2,3)8-5-4-6-10-7-8/h4-13,16H,1-3H3;4-7H,1-3H3. The SMILES string of the molecule is CC(C)(C)C(c1ccccc1)c1ccccc1.CC(C)(C)c1cccnc1. The van der Waals surface area contributed by atoms with Crippen molar-refractivity contribution < 1.29 is 0 Å². The number of rotatable bonds is 2. The monoisotopic (exact) mass is 359 g/mol. The lowest BCUT2D eigenvalue weighted by molar-refractivity contribution is 0.358. The van der Waals surface area contributed by atoms with Crippen LogP contribution in [-0.4, -0.2) is 4.98 Å². The Labute approximate surface area is 165 Å². The lowest BCUT2D eigenvalue weighted by atomic mass is 9.73. The molecule has 3 aromatic rings. The Kier molecular flexibility index (Phi) is 6.96. The third-order valence-electron chi connectivity index (χ3n) is 4.66. The maximum absolute atomic E-state index is 4.05. The smallest absolute Gasteiger partial charge is 0.0305 e. The Morgan fingerprint density at radius 1 is 0.630 bits per heavy atom. The predicted octanol–water partition coefficient (Wildman–Crippen LogP) is 7.24. The Morgan fingerprint density at radius 2 is 1.11 bits per heavy atom. The van der Waals surface area contributed by atoms with Crippen molar-refractivity contribution in [1.29, 1.82) is 0 Å². The summed E-state index contributed by atoms with van der Waals surface area (Å²) in [7, 11) is 0. The Hall–Kier alpha value is -2.41. The van der Waals surface area contributed by atoms with Gasteiger partial charge < -0.3 is 0 Å². The van der Waals surface area contributed by atoms with E-state index in [0.717, 1.165) is 0 Å². The van der Waals surface area contributed by atoms with Crippen LogP contribution < -0.4 is 0 Å². The van der Waals surface area contributed by atoms with E-state index in [2.05, 4.69) is 113 Å². The van der Waals surface area contributed by atoms with Crippen molar-refractivity contribution in [2.45, 2.75) is 52.9 Å².